The second-order valence-electron chi connectivity index (χ2n) is 6.14. The molecule has 0 aromatic carbocycles. The first-order valence-electron chi connectivity index (χ1n) is 7.40. The number of alkyl carbamates (subject to hydrolysis) is 1. The van der Waals surface area contributed by atoms with Crippen LogP contribution >= 0.6 is 11.5 Å². The van der Waals surface area contributed by atoms with E-state index in [-0.39, 0.29) is 12.5 Å². The molecular weight excluding hydrogens is 328 g/mol. The minimum absolute atomic E-state index is 0.189. The zero-order valence-electron chi connectivity index (χ0n) is 14.0. The van der Waals surface area contributed by atoms with E-state index in [4.69, 9.17) is 4.74 Å². The van der Waals surface area contributed by atoms with Crippen LogP contribution in [-0.4, -0.2) is 27.0 Å². The summed E-state index contributed by atoms with van der Waals surface area (Å²) in [6.07, 6.45) is 1.04. The second kappa shape index (κ2) is 7.39. The number of rotatable bonds is 4. The molecular formula is C16H20N4O3S. The first-order chi connectivity index (χ1) is 11.2. The molecule has 0 aliphatic rings. The number of amides is 2. The first-order valence-corrected chi connectivity index (χ1v) is 8.17. The van der Waals surface area contributed by atoms with E-state index in [1.54, 1.807) is 45.2 Å². The van der Waals surface area contributed by atoms with Gasteiger partial charge >= 0.3 is 6.09 Å². The van der Waals surface area contributed by atoms with E-state index in [1.165, 1.54) is 11.5 Å². The van der Waals surface area contributed by atoms with E-state index in [1.807, 2.05) is 6.92 Å². The average Bonchev–Trinajstić information content (AvgIpc) is 2.91. The molecule has 2 heterocycles. The standard InChI is InChI=1S/C16H20N4O3S/c1-10-8-12(20-24-10)14(21)19-13-11(6-5-7-17-13)9-18-15(22)23-16(2,3)4/h5-8H,9H2,1-4H3,(H,18,22)(H,17,19,21). The predicted molar refractivity (Wildman–Crippen MR) is 92.1 cm³/mol. The van der Waals surface area contributed by atoms with Gasteiger partial charge in [0.2, 0.25) is 0 Å². The maximum Gasteiger partial charge on any atom is 0.407 e. The highest BCUT2D eigenvalue weighted by Gasteiger charge is 2.17. The van der Waals surface area contributed by atoms with Gasteiger partial charge in [0, 0.05) is 23.2 Å². The van der Waals surface area contributed by atoms with Crippen molar-refractivity contribution in [1.82, 2.24) is 14.7 Å². The van der Waals surface area contributed by atoms with E-state index in [0.717, 1.165) is 4.88 Å². The van der Waals surface area contributed by atoms with E-state index in [0.29, 0.717) is 17.1 Å². The molecule has 0 atom stereocenters. The maximum atomic E-state index is 12.2. The Kier molecular flexibility index (Phi) is 5.50. The number of hydrogen-bond donors (Lipinski definition) is 2. The first kappa shape index (κ1) is 17.9. The summed E-state index contributed by atoms with van der Waals surface area (Å²) in [5.74, 6) is 0.0424. The van der Waals surface area contributed by atoms with Gasteiger partial charge in [-0.2, -0.15) is 4.37 Å². The third-order valence-electron chi connectivity index (χ3n) is 2.81. The summed E-state index contributed by atoms with van der Waals surface area (Å²) in [7, 11) is 0. The van der Waals surface area contributed by atoms with Gasteiger partial charge in [-0.1, -0.05) is 6.07 Å². The summed E-state index contributed by atoms with van der Waals surface area (Å²) in [4.78, 5) is 29.0. The van der Waals surface area contributed by atoms with Crippen molar-refractivity contribution in [3.63, 3.8) is 0 Å². The molecule has 0 radical (unpaired) electrons. The quantitative estimate of drug-likeness (QED) is 0.885. The Hall–Kier alpha value is -2.48. The Bertz CT molecular complexity index is 737. The second-order valence-corrected chi connectivity index (χ2v) is 7.15. The van der Waals surface area contributed by atoms with Gasteiger partial charge in [0.25, 0.3) is 5.91 Å². The molecule has 2 aromatic heterocycles. The lowest BCUT2D eigenvalue weighted by atomic mass is 10.2. The highest BCUT2D eigenvalue weighted by atomic mass is 32.1. The summed E-state index contributed by atoms with van der Waals surface area (Å²) in [5.41, 5.74) is 0.441. The number of aromatic nitrogens is 2. The molecule has 2 N–H and O–H groups in total. The molecule has 0 fully saturated rings. The molecule has 0 aliphatic carbocycles. The Labute approximate surface area is 144 Å². The molecule has 0 aliphatic heterocycles. The van der Waals surface area contributed by atoms with Crippen LogP contribution in [0, 0.1) is 6.92 Å². The minimum Gasteiger partial charge on any atom is -0.444 e. The molecule has 0 spiro atoms. The number of hydrogen-bond acceptors (Lipinski definition) is 6. The van der Waals surface area contributed by atoms with Gasteiger partial charge in [-0.15, -0.1) is 0 Å². The number of nitrogens with one attached hydrogen (secondary N) is 2. The molecule has 7 nitrogen and oxygen atoms in total. The summed E-state index contributed by atoms with van der Waals surface area (Å²) >= 11 is 1.26. The molecule has 0 saturated carbocycles. The fourth-order valence-electron chi connectivity index (χ4n) is 1.82. The van der Waals surface area contributed by atoms with Crippen LogP contribution in [0.1, 0.15) is 41.7 Å². The number of nitrogens with zero attached hydrogens (tertiary/aromatic N) is 2. The zero-order chi connectivity index (χ0) is 17.7. The van der Waals surface area contributed by atoms with Crippen molar-refractivity contribution in [3.05, 3.63) is 40.5 Å². The number of aryl methyl sites for hydroxylation is 1. The Morgan fingerprint density at radius 1 is 1.33 bits per heavy atom. The normalized spacial score (nSPS) is 11.0. The third kappa shape index (κ3) is 5.31. The van der Waals surface area contributed by atoms with Crippen molar-refractivity contribution in [2.45, 2.75) is 39.8 Å². The fraction of sp³-hybridized carbons (Fsp3) is 0.375. The van der Waals surface area contributed by atoms with E-state index in [9.17, 15) is 9.59 Å². The minimum atomic E-state index is -0.571. The summed E-state index contributed by atoms with van der Waals surface area (Å²) in [6.45, 7) is 7.44. The highest BCUT2D eigenvalue weighted by molar-refractivity contribution is 7.05. The van der Waals surface area contributed by atoms with Crippen LogP contribution in [0.4, 0.5) is 10.6 Å². The molecule has 2 rings (SSSR count). The van der Waals surface area contributed by atoms with Crippen molar-refractivity contribution >= 4 is 29.4 Å². The lowest BCUT2D eigenvalue weighted by Gasteiger charge is -2.20. The molecule has 0 unspecified atom stereocenters. The zero-order valence-corrected chi connectivity index (χ0v) is 14.9. The number of pyridine rings is 1. The molecule has 2 aromatic rings. The number of ether oxygens (including phenoxy) is 1. The van der Waals surface area contributed by atoms with Crippen molar-refractivity contribution in [1.29, 1.82) is 0 Å². The number of carbonyl (C=O) groups excluding carboxylic acids is 2. The van der Waals surface area contributed by atoms with Gasteiger partial charge in [0.1, 0.15) is 17.1 Å². The van der Waals surface area contributed by atoms with Gasteiger partial charge in [-0.3, -0.25) is 4.79 Å². The van der Waals surface area contributed by atoms with Gasteiger partial charge in [0.05, 0.1) is 0 Å². The molecule has 24 heavy (non-hydrogen) atoms. The van der Waals surface area contributed by atoms with Gasteiger partial charge in [-0.25, -0.2) is 9.78 Å². The smallest absolute Gasteiger partial charge is 0.407 e. The third-order valence-corrected chi connectivity index (χ3v) is 3.50. The van der Waals surface area contributed by atoms with E-state index >= 15 is 0 Å². The average molecular weight is 348 g/mol. The summed E-state index contributed by atoms with van der Waals surface area (Å²) in [5, 5.41) is 5.36. The number of anilines is 1. The van der Waals surface area contributed by atoms with E-state index < -0.39 is 11.7 Å². The fourth-order valence-corrected chi connectivity index (χ4v) is 2.36. The van der Waals surface area contributed by atoms with Crippen LogP contribution in [-0.2, 0) is 11.3 Å². The van der Waals surface area contributed by atoms with Crippen molar-refractivity contribution < 1.29 is 14.3 Å². The Morgan fingerprint density at radius 2 is 2.08 bits per heavy atom. The monoisotopic (exact) mass is 348 g/mol. The van der Waals surface area contributed by atoms with E-state index in [2.05, 4.69) is 20.0 Å². The molecule has 0 saturated heterocycles. The van der Waals surface area contributed by atoms with Crippen molar-refractivity contribution in [3.8, 4) is 0 Å². The van der Waals surface area contributed by atoms with Crippen molar-refractivity contribution in [2.24, 2.45) is 0 Å². The summed E-state index contributed by atoms with van der Waals surface area (Å²) < 4.78 is 9.25. The number of carbonyl (C=O) groups is 2. The predicted octanol–water partition coefficient (Wildman–Crippen LogP) is 3.12. The molecule has 0 bridgehead atoms. The highest BCUT2D eigenvalue weighted by Crippen LogP contribution is 2.15. The van der Waals surface area contributed by atoms with Gasteiger partial charge in [-0.05, 0) is 51.4 Å². The lowest BCUT2D eigenvalue weighted by molar-refractivity contribution is 0.0523. The van der Waals surface area contributed by atoms with Gasteiger partial charge in [0.15, 0.2) is 0 Å². The largest absolute Gasteiger partial charge is 0.444 e. The maximum absolute atomic E-state index is 12.2. The van der Waals surface area contributed by atoms with Crippen LogP contribution in [0.2, 0.25) is 0 Å². The van der Waals surface area contributed by atoms with Crippen LogP contribution in [0.3, 0.4) is 0 Å². The Morgan fingerprint density at radius 3 is 2.71 bits per heavy atom. The topological polar surface area (TPSA) is 93.2 Å². The molecule has 8 heteroatoms. The molecule has 128 valence electrons. The van der Waals surface area contributed by atoms with Gasteiger partial charge < -0.3 is 15.4 Å². The van der Waals surface area contributed by atoms with Crippen molar-refractivity contribution in [2.75, 3.05) is 5.32 Å². The van der Waals surface area contributed by atoms with Crippen LogP contribution in [0.5, 0.6) is 0 Å². The molecule has 2 amide bonds. The SMILES string of the molecule is Cc1cc(C(=O)Nc2ncccc2CNC(=O)OC(C)(C)C)ns1. The van der Waals surface area contributed by atoms with Crippen LogP contribution in [0.15, 0.2) is 24.4 Å². The van der Waals surface area contributed by atoms with Crippen LogP contribution in [0.25, 0.3) is 0 Å². The summed E-state index contributed by atoms with van der Waals surface area (Å²) in [6, 6.07) is 5.21. The Balaban J connectivity index is 2.02. The van der Waals surface area contributed by atoms with Crippen LogP contribution < -0.4 is 10.6 Å². The lowest BCUT2D eigenvalue weighted by Crippen LogP contribution is -2.32.